The molecule has 1 aromatic carbocycles. The van der Waals surface area contributed by atoms with Gasteiger partial charge in [0.05, 0.1) is 12.2 Å². The van der Waals surface area contributed by atoms with E-state index in [-0.39, 0.29) is 17.9 Å². The molecule has 0 radical (unpaired) electrons. The molecule has 1 saturated carbocycles. The van der Waals surface area contributed by atoms with E-state index in [1.165, 1.54) is 0 Å². The Balaban J connectivity index is 2.02. The topological polar surface area (TPSA) is 75.4 Å². The van der Waals surface area contributed by atoms with Crippen molar-refractivity contribution < 1.29 is 9.90 Å². The number of anilines is 1. The summed E-state index contributed by atoms with van der Waals surface area (Å²) in [6, 6.07) is 5.40. The molecule has 1 fully saturated rings. The number of nitrogen functional groups attached to an aromatic ring is 1. The van der Waals surface area contributed by atoms with Crippen molar-refractivity contribution in [1.29, 1.82) is 0 Å². The smallest absolute Gasteiger partial charge is 0.253 e. The number of hydrogen-bond donors (Lipinski definition) is 3. The number of aliphatic hydroxyl groups is 1. The summed E-state index contributed by atoms with van der Waals surface area (Å²) in [5, 5.41) is 12.0. The monoisotopic (exact) mass is 234 g/mol. The zero-order chi connectivity index (χ0) is 12.5. The summed E-state index contributed by atoms with van der Waals surface area (Å²) in [5.41, 5.74) is 7.70. The number of nitrogens with two attached hydrogens (primary N) is 1. The van der Waals surface area contributed by atoms with Gasteiger partial charge < -0.3 is 16.2 Å². The van der Waals surface area contributed by atoms with Gasteiger partial charge in [0.2, 0.25) is 0 Å². The third-order valence-electron chi connectivity index (χ3n) is 3.37. The number of aliphatic hydroxyl groups excluding tert-OH is 1. The van der Waals surface area contributed by atoms with E-state index in [1.807, 2.05) is 13.0 Å². The van der Waals surface area contributed by atoms with Gasteiger partial charge >= 0.3 is 0 Å². The van der Waals surface area contributed by atoms with Gasteiger partial charge in [0.15, 0.2) is 0 Å². The fourth-order valence-electron chi connectivity index (χ4n) is 1.80. The van der Waals surface area contributed by atoms with Crippen molar-refractivity contribution in [3.8, 4) is 0 Å². The quantitative estimate of drug-likeness (QED) is 0.682. The average Bonchev–Trinajstić information content (AvgIpc) is 3.10. The lowest BCUT2D eigenvalue weighted by Crippen LogP contribution is -2.32. The lowest BCUT2D eigenvalue weighted by Gasteiger charge is -2.13. The van der Waals surface area contributed by atoms with E-state index in [2.05, 4.69) is 5.32 Å². The van der Waals surface area contributed by atoms with Crippen molar-refractivity contribution >= 4 is 11.6 Å². The Morgan fingerprint density at radius 1 is 1.53 bits per heavy atom. The average molecular weight is 234 g/mol. The summed E-state index contributed by atoms with van der Waals surface area (Å²) in [5.74, 6) is -0.161. The highest BCUT2D eigenvalue weighted by Crippen LogP contribution is 2.44. The number of rotatable bonds is 4. The Labute approximate surface area is 101 Å². The van der Waals surface area contributed by atoms with Gasteiger partial charge in [-0.25, -0.2) is 0 Å². The largest absolute Gasteiger partial charge is 0.398 e. The first kappa shape index (κ1) is 11.9. The molecule has 0 spiro atoms. The fourth-order valence-corrected chi connectivity index (χ4v) is 1.80. The molecule has 1 amide bonds. The maximum atomic E-state index is 11.9. The van der Waals surface area contributed by atoms with Crippen LogP contribution in [0.2, 0.25) is 0 Å². The molecule has 0 saturated heterocycles. The standard InChI is InChI=1S/C13H18N2O2/c1-9-2-3-11(14)10(6-9)12(17)15-7-13(8-16)4-5-13/h2-3,6,16H,4-5,7-8,14H2,1H3,(H,15,17). The van der Waals surface area contributed by atoms with Crippen LogP contribution < -0.4 is 11.1 Å². The second kappa shape index (κ2) is 4.37. The maximum absolute atomic E-state index is 11.9. The van der Waals surface area contributed by atoms with E-state index >= 15 is 0 Å². The second-order valence-electron chi connectivity index (χ2n) is 4.93. The number of nitrogens with one attached hydrogen (secondary N) is 1. The van der Waals surface area contributed by atoms with Crippen LogP contribution in [0, 0.1) is 12.3 Å². The van der Waals surface area contributed by atoms with Crippen molar-refractivity contribution in [2.24, 2.45) is 5.41 Å². The minimum Gasteiger partial charge on any atom is -0.398 e. The summed E-state index contributed by atoms with van der Waals surface area (Å²) in [7, 11) is 0. The molecule has 4 nitrogen and oxygen atoms in total. The predicted molar refractivity (Wildman–Crippen MR) is 66.7 cm³/mol. The van der Waals surface area contributed by atoms with Crippen molar-refractivity contribution in [2.45, 2.75) is 19.8 Å². The molecule has 0 aromatic heterocycles. The van der Waals surface area contributed by atoms with E-state index in [0.717, 1.165) is 18.4 Å². The lowest BCUT2D eigenvalue weighted by atomic mass is 10.1. The summed E-state index contributed by atoms with van der Waals surface area (Å²) in [6.45, 7) is 2.58. The molecule has 0 atom stereocenters. The number of carbonyl (C=O) groups excluding carboxylic acids is 1. The van der Waals surface area contributed by atoms with Crippen LogP contribution in [0.5, 0.6) is 0 Å². The molecular weight excluding hydrogens is 216 g/mol. The van der Waals surface area contributed by atoms with E-state index in [1.54, 1.807) is 12.1 Å². The molecule has 0 aliphatic heterocycles. The van der Waals surface area contributed by atoms with E-state index in [4.69, 9.17) is 10.8 Å². The molecule has 0 heterocycles. The lowest BCUT2D eigenvalue weighted by molar-refractivity contribution is 0.0936. The van der Waals surface area contributed by atoms with E-state index < -0.39 is 0 Å². The highest BCUT2D eigenvalue weighted by molar-refractivity contribution is 5.99. The highest BCUT2D eigenvalue weighted by atomic mass is 16.3. The van der Waals surface area contributed by atoms with E-state index in [0.29, 0.717) is 17.8 Å². The number of benzene rings is 1. The van der Waals surface area contributed by atoms with Crippen LogP contribution in [0.1, 0.15) is 28.8 Å². The van der Waals surface area contributed by atoms with Crippen molar-refractivity contribution in [1.82, 2.24) is 5.32 Å². The van der Waals surface area contributed by atoms with Crippen LogP contribution in [0.3, 0.4) is 0 Å². The molecule has 4 N–H and O–H groups in total. The van der Waals surface area contributed by atoms with Gasteiger partial charge in [0.25, 0.3) is 5.91 Å². The van der Waals surface area contributed by atoms with Gasteiger partial charge in [0.1, 0.15) is 0 Å². The molecular formula is C13H18N2O2. The van der Waals surface area contributed by atoms with Crippen LogP contribution in [0.15, 0.2) is 18.2 Å². The van der Waals surface area contributed by atoms with Crippen molar-refractivity contribution in [2.75, 3.05) is 18.9 Å². The molecule has 1 aromatic rings. The Bertz CT molecular complexity index is 439. The summed E-state index contributed by atoms with van der Waals surface area (Å²) in [4.78, 5) is 11.9. The molecule has 0 bridgehead atoms. The fraction of sp³-hybridized carbons (Fsp3) is 0.462. The number of amides is 1. The number of carbonyl (C=O) groups is 1. The maximum Gasteiger partial charge on any atom is 0.253 e. The van der Waals surface area contributed by atoms with Crippen LogP contribution in [-0.2, 0) is 0 Å². The Kier molecular flexibility index (Phi) is 3.07. The van der Waals surface area contributed by atoms with Crippen molar-refractivity contribution in [3.05, 3.63) is 29.3 Å². The summed E-state index contributed by atoms with van der Waals surface area (Å²) >= 11 is 0. The van der Waals surface area contributed by atoms with E-state index in [9.17, 15) is 4.79 Å². The predicted octanol–water partition coefficient (Wildman–Crippen LogP) is 1.08. The zero-order valence-electron chi connectivity index (χ0n) is 9.99. The van der Waals surface area contributed by atoms with Crippen LogP contribution in [-0.4, -0.2) is 24.2 Å². The summed E-state index contributed by atoms with van der Waals surface area (Å²) < 4.78 is 0. The molecule has 4 heteroatoms. The van der Waals surface area contributed by atoms with Crippen LogP contribution in [0.25, 0.3) is 0 Å². The SMILES string of the molecule is Cc1ccc(N)c(C(=O)NCC2(CO)CC2)c1. The first-order chi connectivity index (χ1) is 8.06. The number of hydrogen-bond acceptors (Lipinski definition) is 3. The normalized spacial score (nSPS) is 16.6. The first-order valence-electron chi connectivity index (χ1n) is 5.81. The number of aryl methyl sites for hydroxylation is 1. The Morgan fingerprint density at radius 2 is 2.24 bits per heavy atom. The second-order valence-corrected chi connectivity index (χ2v) is 4.93. The van der Waals surface area contributed by atoms with Gasteiger partial charge in [-0.05, 0) is 31.9 Å². The van der Waals surface area contributed by atoms with Gasteiger partial charge in [-0.3, -0.25) is 4.79 Å². The molecule has 17 heavy (non-hydrogen) atoms. The van der Waals surface area contributed by atoms with Gasteiger partial charge in [-0.15, -0.1) is 0 Å². The Morgan fingerprint density at radius 3 is 2.82 bits per heavy atom. The molecule has 1 aliphatic rings. The first-order valence-corrected chi connectivity index (χ1v) is 5.81. The molecule has 0 unspecified atom stereocenters. The molecule has 92 valence electrons. The van der Waals surface area contributed by atoms with Gasteiger partial charge in [0, 0.05) is 17.6 Å². The minimum atomic E-state index is -0.161. The van der Waals surface area contributed by atoms with Crippen LogP contribution in [0.4, 0.5) is 5.69 Å². The summed E-state index contributed by atoms with van der Waals surface area (Å²) in [6.07, 6.45) is 1.96. The third kappa shape index (κ3) is 2.58. The molecule has 2 rings (SSSR count). The van der Waals surface area contributed by atoms with Gasteiger partial charge in [-0.2, -0.15) is 0 Å². The van der Waals surface area contributed by atoms with Gasteiger partial charge in [-0.1, -0.05) is 11.6 Å². The minimum absolute atomic E-state index is 0.0752. The van der Waals surface area contributed by atoms with Crippen molar-refractivity contribution in [3.63, 3.8) is 0 Å². The van der Waals surface area contributed by atoms with Crippen LogP contribution >= 0.6 is 0 Å². The third-order valence-corrected chi connectivity index (χ3v) is 3.37. The molecule has 1 aliphatic carbocycles. The Hall–Kier alpha value is -1.55. The highest BCUT2D eigenvalue weighted by Gasteiger charge is 2.42. The zero-order valence-corrected chi connectivity index (χ0v) is 9.99.